The summed E-state index contributed by atoms with van der Waals surface area (Å²) < 4.78 is 22.0. The van der Waals surface area contributed by atoms with Gasteiger partial charge in [-0.25, -0.2) is 44.6 Å². The van der Waals surface area contributed by atoms with Crippen LogP contribution in [-0.4, -0.2) is 48.6 Å². The lowest BCUT2D eigenvalue weighted by atomic mass is 10.1. The maximum absolute atomic E-state index is 7.49. The highest BCUT2D eigenvalue weighted by Gasteiger charge is 2.25. The van der Waals surface area contributed by atoms with Crippen molar-refractivity contribution in [2.24, 2.45) is 0 Å². The molecule has 0 aliphatic carbocycles. The summed E-state index contributed by atoms with van der Waals surface area (Å²) in [7, 11) is 0. The van der Waals surface area contributed by atoms with Crippen molar-refractivity contribution in [3.63, 3.8) is 0 Å². The smallest absolute Gasteiger partial charge is 0.235 e. The van der Waals surface area contributed by atoms with Crippen molar-refractivity contribution in [3.05, 3.63) is 387 Å². The van der Waals surface area contributed by atoms with E-state index in [-0.39, 0.29) is 0 Å². The van der Waals surface area contributed by atoms with Gasteiger partial charge in [-0.3, -0.25) is 9.13 Å². The van der Waals surface area contributed by atoms with Gasteiger partial charge >= 0.3 is 0 Å². The van der Waals surface area contributed by atoms with Gasteiger partial charge in [0.25, 0.3) is 0 Å². The molecule has 0 spiro atoms. The fourth-order valence-corrected chi connectivity index (χ4v) is 18.3. The Hall–Kier alpha value is -16.6. The predicted octanol–water partition coefficient (Wildman–Crippen LogP) is 28.0. The maximum Gasteiger partial charge on any atom is 0.235 e. The third kappa shape index (κ3) is 11.5. The number of hydrogen-bond donors (Lipinski definition) is 0. The molecule has 14 nitrogen and oxygen atoms in total. The molecule has 120 heavy (non-hydrogen) atoms. The largest absolute Gasteiger partial charge is 0.456 e. The summed E-state index contributed by atoms with van der Waals surface area (Å²) in [5.74, 6) is 3.12. The fraction of sp³-hybridized carbons (Fsp3) is 0. The predicted molar refractivity (Wildman–Crippen MR) is 489 cm³/mol. The zero-order valence-corrected chi connectivity index (χ0v) is 64.5. The summed E-state index contributed by atoms with van der Waals surface area (Å²) in [6.45, 7) is 14.8. The van der Waals surface area contributed by atoms with Gasteiger partial charge in [0.05, 0.1) is 68.7 Å². The number of thiophene rings is 1. The Balaban J connectivity index is 0.000000105. The van der Waals surface area contributed by atoms with Crippen LogP contribution in [0.5, 0.6) is 0 Å². The first-order chi connectivity index (χ1) is 59.4. The van der Waals surface area contributed by atoms with Gasteiger partial charge in [-0.15, -0.1) is 11.3 Å². The Labute approximate surface area is 688 Å². The van der Waals surface area contributed by atoms with Crippen LogP contribution in [0, 0.1) is 13.1 Å². The molecule has 0 N–H and O–H groups in total. The number of nitrogens with zero attached hydrogens (tertiary/aromatic N) is 12. The molecule has 0 radical (unpaired) electrons. The van der Waals surface area contributed by atoms with E-state index < -0.39 is 0 Å². The highest BCUT2D eigenvalue weighted by Crippen LogP contribution is 2.45. The molecule has 0 amide bonds. The number of aromatic nitrogens is 10. The Morgan fingerprint density at radius 3 is 1.34 bits per heavy atom. The van der Waals surface area contributed by atoms with Gasteiger partial charge in [0.15, 0.2) is 34.4 Å². The first-order valence-corrected chi connectivity index (χ1v) is 40.2. The van der Waals surface area contributed by atoms with E-state index in [9.17, 15) is 0 Å². The lowest BCUT2D eigenvalue weighted by Crippen LogP contribution is -2.03. The van der Waals surface area contributed by atoms with E-state index in [4.69, 9.17) is 56.9 Å². The molecule has 16 aromatic carbocycles. The number of fused-ring (bicyclic) bond motifs is 21. The lowest BCUT2D eigenvalue weighted by Gasteiger charge is -2.12. The monoisotopic (exact) mass is 1550 g/mol. The van der Waals surface area contributed by atoms with E-state index in [1.165, 1.54) is 36.3 Å². The standard InChI is InChI=1S/C39H24N4O.C33H18N4O.C33H18N4S/c1-3-12-25(13-4-1)37-40-38(26-14-5-2-6-15-26)42-39(41-37)27-16-11-17-28(24-27)43-33-20-9-7-18-29(33)31-22-23-32-30-19-8-10-21-34(30)44-36(32)35(31)43;1-34-21-10-8-9-20(17-21)32-24-13-2-5-14-27(24)35-33(36-32)37-28-15-6-3-11-22(28)25-19-31-26(18-29(25)37)23-12-4-7-16-30(23)38-31;1-34-21-16-14-20(15-17-21)32-24-10-2-5-11-27(24)35-33(36-32)37-28-12-6-3-8-22(28)25-19-31-26(18-29(25)37)23-9-4-7-13-30(23)38-31/h1-24H;2*2-19H. The van der Waals surface area contributed by atoms with Crippen molar-refractivity contribution < 1.29 is 8.83 Å². The second-order valence-corrected chi connectivity index (χ2v) is 30.7. The summed E-state index contributed by atoms with van der Waals surface area (Å²) in [4.78, 5) is 42.4. The highest BCUT2D eigenvalue weighted by atomic mass is 32.1. The number of benzene rings is 16. The van der Waals surface area contributed by atoms with Crippen molar-refractivity contribution >= 4 is 174 Å². The first kappa shape index (κ1) is 69.0. The molecular weight excluding hydrogens is 1490 g/mol. The van der Waals surface area contributed by atoms with Crippen LogP contribution in [0.3, 0.4) is 0 Å². The maximum atomic E-state index is 7.49. The zero-order valence-electron chi connectivity index (χ0n) is 63.7. The van der Waals surface area contributed by atoms with Gasteiger partial charge < -0.3 is 13.4 Å². The highest BCUT2D eigenvalue weighted by molar-refractivity contribution is 7.25. The summed E-state index contributed by atoms with van der Waals surface area (Å²) in [6.07, 6.45) is 0. The van der Waals surface area contributed by atoms with Crippen molar-refractivity contribution in [2.45, 2.75) is 0 Å². The van der Waals surface area contributed by atoms with Crippen LogP contribution >= 0.6 is 11.3 Å². The second-order valence-electron chi connectivity index (χ2n) is 29.6. The number of furan rings is 2. The van der Waals surface area contributed by atoms with Gasteiger partial charge in [0.2, 0.25) is 11.9 Å². The van der Waals surface area contributed by atoms with E-state index in [0.717, 1.165) is 160 Å². The Bertz CT molecular complexity index is 8540. The molecule has 0 bridgehead atoms. The van der Waals surface area contributed by atoms with Gasteiger partial charge in [-0.05, 0) is 108 Å². The van der Waals surface area contributed by atoms with E-state index in [0.29, 0.717) is 40.7 Å². The molecule has 25 rings (SSSR count). The molecule has 0 saturated carbocycles. The Morgan fingerprint density at radius 1 is 0.250 bits per heavy atom. The molecule has 0 atom stereocenters. The summed E-state index contributed by atoms with van der Waals surface area (Å²) in [5.41, 5.74) is 20.1. The topological polar surface area (TPSA) is 140 Å². The van der Waals surface area contributed by atoms with Crippen LogP contribution in [0.4, 0.5) is 11.4 Å². The molecule has 0 unspecified atom stereocenters. The molecule has 0 saturated heterocycles. The van der Waals surface area contributed by atoms with E-state index >= 15 is 0 Å². The van der Waals surface area contributed by atoms with Crippen LogP contribution in [0.15, 0.2) is 373 Å². The molecule has 558 valence electrons. The van der Waals surface area contributed by atoms with Gasteiger partial charge in [0, 0.05) is 107 Å². The average Bonchev–Trinajstić information content (AvgIpc) is 1.58. The minimum Gasteiger partial charge on any atom is -0.456 e. The minimum absolute atomic E-state index is 0.581. The third-order valence-electron chi connectivity index (χ3n) is 22.7. The van der Waals surface area contributed by atoms with Crippen LogP contribution in [-0.2, 0) is 0 Å². The minimum atomic E-state index is 0.581. The molecule has 9 aromatic heterocycles. The molecule has 0 aliphatic rings. The molecule has 9 heterocycles. The number of rotatable bonds is 8. The van der Waals surface area contributed by atoms with Crippen molar-refractivity contribution in [3.8, 4) is 74.3 Å². The summed E-state index contributed by atoms with van der Waals surface area (Å²) >= 11 is 1.83. The zero-order chi connectivity index (χ0) is 79.5. The number of para-hydroxylation sites is 7. The normalized spacial score (nSPS) is 11.7. The van der Waals surface area contributed by atoms with Crippen LogP contribution in [0.25, 0.3) is 235 Å². The van der Waals surface area contributed by atoms with E-state index in [1.54, 1.807) is 0 Å². The van der Waals surface area contributed by atoms with Crippen molar-refractivity contribution in [2.75, 3.05) is 0 Å². The number of hydrogen-bond acceptors (Lipinski definition) is 10. The third-order valence-corrected chi connectivity index (χ3v) is 23.8. The van der Waals surface area contributed by atoms with E-state index in [2.05, 4.69) is 199 Å². The SMILES string of the molecule is [C-]#[N+]c1ccc(-c2nc(-n3c4ccccc4c4cc5sc6ccccc6c5cc43)nc3ccccc23)cc1.[C-]#[N+]c1cccc(-c2nc(-n3c4ccccc4c4cc5oc6ccccc6c5cc43)nc3ccccc23)c1.c1ccc(-c2nc(-c3ccccc3)nc(-c3cccc(-n4c5ccccc5c5ccc6c7ccccc7oc6c54)c3)n2)cc1. The van der Waals surface area contributed by atoms with Crippen LogP contribution in [0.1, 0.15) is 0 Å². The summed E-state index contributed by atoms with van der Waals surface area (Å²) in [5, 5.41) is 15.7. The first-order valence-electron chi connectivity index (χ1n) is 39.4. The molecule has 0 aliphatic heterocycles. The Morgan fingerprint density at radius 2 is 0.717 bits per heavy atom. The van der Waals surface area contributed by atoms with Gasteiger partial charge in [0.1, 0.15) is 16.7 Å². The average molecular weight is 1550 g/mol. The molecular formula is C105H60N12O2S. The van der Waals surface area contributed by atoms with Crippen molar-refractivity contribution in [1.29, 1.82) is 0 Å². The van der Waals surface area contributed by atoms with Crippen molar-refractivity contribution in [1.82, 2.24) is 48.6 Å². The van der Waals surface area contributed by atoms with E-state index in [1.807, 2.05) is 199 Å². The lowest BCUT2D eigenvalue weighted by molar-refractivity contribution is 0.669. The van der Waals surface area contributed by atoms with Crippen LogP contribution < -0.4 is 0 Å². The molecule has 0 fully saturated rings. The van der Waals surface area contributed by atoms with Gasteiger partial charge in [-0.1, -0.05) is 267 Å². The van der Waals surface area contributed by atoms with Crippen LogP contribution in [0.2, 0.25) is 0 Å². The molecule has 25 aromatic rings. The fourth-order valence-electron chi connectivity index (χ4n) is 17.2. The quantitative estimate of drug-likeness (QED) is 0.136. The summed E-state index contributed by atoms with van der Waals surface area (Å²) in [6, 6.07) is 124. The van der Waals surface area contributed by atoms with Gasteiger partial charge in [-0.2, -0.15) is 0 Å². The Kier molecular flexibility index (Phi) is 16.2. The molecule has 15 heteroatoms. The second kappa shape index (κ2) is 28.2.